The van der Waals surface area contributed by atoms with Gasteiger partial charge < -0.3 is 24.7 Å². The number of phenols is 2. The summed E-state index contributed by atoms with van der Waals surface area (Å²) in [6.07, 6.45) is -0.415. The first-order valence-electron chi connectivity index (χ1n) is 16.6. The van der Waals surface area contributed by atoms with E-state index in [4.69, 9.17) is 4.74 Å². The maximum Gasteiger partial charge on any atom is 0.411 e. The Balaban J connectivity index is 1.02. The number of carbonyl (C=O) groups is 5. The molecule has 0 aliphatic carbocycles. The van der Waals surface area contributed by atoms with Gasteiger partial charge in [0.25, 0.3) is 5.91 Å². The SMILES string of the molecule is CC(C)c1cc(-c2n[nH]c(=O)n2-c2ccc(CC(=O)N(C)CCOC(=O)Nc3cccc4c3CN(C3CCC(=O)NC3=O)C4=O)cc2)c(O)cc1O. The minimum absolute atomic E-state index is 0.0283. The second-order valence-corrected chi connectivity index (χ2v) is 12.9. The van der Waals surface area contributed by atoms with Crippen LogP contribution in [0, 0.1) is 0 Å². The van der Waals surface area contributed by atoms with Gasteiger partial charge in [0.15, 0.2) is 5.82 Å². The molecule has 3 aromatic carbocycles. The zero-order valence-corrected chi connectivity index (χ0v) is 28.6. The van der Waals surface area contributed by atoms with Gasteiger partial charge >= 0.3 is 11.8 Å². The highest BCUT2D eigenvalue weighted by molar-refractivity contribution is 6.06. The Morgan fingerprint density at radius 2 is 1.79 bits per heavy atom. The van der Waals surface area contributed by atoms with E-state index >= 15 is 0 Å². The number of likely N-dealkylation sites (N-methyl/N-ethyl adjacent to an activating group) is 1. The molecule has 2 aliphatic rings. The molecule has 6 rings (SSSR count). The molecule has 0 saturated carbocycles. The Labute approximate surface area is 297 Å². The first-order valence-corrected chi connectivity index (χ1v) is 16.6. The number of benzene rings is 3. The van der Waals surface area contributed by atoms with Crippen LogP contribution in [0.25, 0.3) is 17.1 Å². The predicted molar refractivity (Wildman–Crippen MR) is 186 cm³/mol. The standard InChI is InChI=1S/C36H37N7O9/c1-19(2)23-16-24(29(45)17-28(23)44)32-39-40-35(50)43(32)21-9-7-20(8-10-21)15-31(47)41(3)13-14-52-36(51)37-26-6-4-5-22-25(26)18-42(34(22)49)27-11-12-30(46)38-33(27)48/h4-10,16-17,19,27,44-45H,11-15,18H2,1-3H3,(H,37,51)(H,40,50)(H,38,46,48). The summed E-state index contributed by atoms with van der Waals surface area (Å²) in [7, 11) is 1.57. The Hall–Kier alpha value is -6.45. The van der Waals surface area contributed by atoms with Crippen LogP contribution in [0.5, 0.6) is 11.5 Å². The third kappa shape index (κ3) is 7.08. The van der Waals surface area contributed by atoms with Gasteiger partial charge in [-0.3, -0.25) is 29.8 Å². The van der Waals surface area contributed by atoms with Gasteiger partial charge in [-0.05, 0) is 53.8 Å². The summed E-state index contributed by atoms with van der Waals surface area (Å²) in [5.74, 6) is -1.74. The van der Waals surface area contributed by atoms with Gasteiger partial charge in [-0.2, -0.15) is 5.10 Å². The quantitative estimate of drug-likeness (QED) is 0.152. The molecule has 5 amide bonds. The van der Waals surface area contributed by atoms with Crippen molar-refractivity contribution in [3.63, 3.8) is 0 Å². The lowest BCUT2D eigenvalue weighted by molar-refractivity contribution is -0.137. The van der Waals surface area contributed by atoms with E-state index in [0.717, 1.165) is 0 Å². The molecule has 52 heavy (non-hydrogen) atoms. The summed E-state index contributed by atoms with van der Waals surface area (Å²) >= 11 is 0. The van der Waals surface area contributed by atoms with E-state index in [1.54, 1.807) is 55.6 Å². The van der Waals surface area contributed by atoms with E-state index in [2.05, 4.69) is 20.8 Å². The Morgan fingerprint density at radius 3 is 2.50 bits per heavy atom. The number of imide groups is 1. The third-order valence-corrected chi connectivity index (χ3v) is 9.13. The van der Waals surface area contributed by atoms with E-state index in [1.165, 1.54) is 20.4 Å². The van der Waals surface area contributed by atoms with Crippen molar-refractivity contribution >= 4 is 35.4 Å². The highest BCUT2D eigenvalue weighted by atomic mass is 16.5. The molecule has 0 spiro atoms. The van der Waals surface area contributed by atoms with Crippen molar-refractivity contribution in [2.45, 2.75) is 51.6 Å². The van der Waals surface area contributed by atoms with Crippen molar-refractivity contribution in [2.75, 3.05) is 25.5 Å². The number of amides is 5. The maximum atomic E-state index is 13.0. The number of phenolic OH excluding ortho intramolecular Hbond substituents is 2. The predicted octanol–water partition coefficient (Wildman–Crippen LogP) is 2.77. The van der Waals surface area contributed by atoms with Crippen molar-refractivity contribution in [3.05, 3.63) is 87.3 Å². The second kappa shape index (κ2) is 14.4. The van der Waals surface area contributed by atoms with Crippen molar-refractivity contribution in [2.24, 2.45) is 0 Å². The lowest BCUT2D eigenvalue weighted by atomic mass is 9.98. The number of carbonyl (C=O) groups excluding carboxylic acids is 5. The molecule has 16 heteroatoms. The highest BCUT2D eigenvalue weighted by Gasteiger charge is 2.40. The van der Waals surface area contributed by atoms with Crippen LogP contribution in [0.1, 0.15) is 59.7 Å². The highest BCUT2D eigenvalue weighted by Crippen LogP contribution is 2.37. The van der Waals surface area contributed by atoms with E-state index in [0.29, 0.717) is 33.6 Å². The van der Waals surface area contributed by atoms with Crippen molar-refractivity contribution < 1.29 is 38.9 Å². The van der Waals surface area contributed by atoms with Crippen LogP contribution in [-0.2, 0) is 32.1 Å². The number of anilines is 1. The minimum atomic E-state index is -0.789. The summed E-state index contributed by atoms with van der Waals surface area (Å²) in [4.78, 5) is 78.1. The van der Waals surface area contributed by atoms with Crippen molar-refractivity contribution in [3.8, 4) is 28.6 Å². The molecule has 0 radical (unpaired) electrons. The molecule has 3 heterocycles. The fourth-order valence-corrected chi connectivity index (χ4v) is 6.27. The number of ether oxygens (including phenoxy) is 1. The molecule has 270 valence electrons. The fraction of sp³-hybridized carbons (Fsp3) is 0.306. The first-order chi connectivity index (χ1) is 24.8. The van der Waals surface area contributed by atoms with Gasteiger partial charge in [-0.15, -0.1) is 0 Å². The molecule has 5 N–H and O–H groups in total. The minimum Gasteiger partial charge on any atom is -0.508 e. The van der Waals surface area contributed by atoms with Gasteiger partial charge in [-0.25, -0.2) is 19.3 Å². The summed E-state index contributed by atoms with van der Waals surface area (Å²) in [6, 6.07) is 13.5. The van der Waals surface area contributed by atoms with Crippen LogP contribution >= 0.6 is 0 Å². The fourth-order valence-electron chi connectivity index (χ4n) is 6.27. The van der Waals surface area contributed by atoms with Crippen LogP contribution in [0.2, 0.25) is 0 Å². The molecule has 4 aromatic rings. The molecule has 1 unspecified atom stereocenters. The smallest absolute Gasteiger partial charge is 0.411 e. The van der Waals surface area contributed by atoms with Crippen LogP contribution in [0.3, 0.4) is 0 Å². The van der Waals surface area contributed by atoms with E-state index in [1.807, 2.05) is 13.8 Å². The number of nitrogens with zero attached hydrogens (tertiary/aromatic N) is 4. The zero-order chi connectivity index (χ0) is 37.3. The zero-order valence-electron chi connectivity index (χ0n) is 28.6. The van der Waals surface area contributed by atoms with Gasteiger partial charge in [0, 0.05) is 42.9 Å². The molecular weight excluding hydrogens is 674 g/mol. The molecular formula is C36H37N7O9. The number of aromatic hydroxyl groups is 2. The van der Waals surface area contributed by atoms with Gasteiger partial charge in [0.2, 0.25) is 17.7 Å². The number of piperidine rings is 1. The number of fused-ring (bicyclic) bond motifs is 1. The normalized spacial score (nSPS) is 15.4. The number of hydrogen-bond acceptors (Lipinski definition) is 10. The topological polar surface area (TPSA) is 216 Å². The molecule has 0 bridgehead atoms. The molecule has 16 nitrogen and oxygen atoms in total. The summed E-state index contributed by atoms with van der Waals surface area (Å²) in [5.41, 5.74) is 2.62. The summed E-state index contributed by atoms with van der Waals surface area (Å²) < 4.78 is 6.59. The lowest BCUT2D eigenvalue weighted by Gasteiger charge is -2.29. The Morgan fingerprint density at radius 1 is 1.04 bits per heavy atom. The number of H-pyrrole nitrogens is 1. The summed E-state index contributed by atoms with van der Waals surface area (Å²) in [6.45, 7) is 3.84. The summed E-state index contributed by atoms with van der Waals surface area (Å²) in [5, 5.41) is 32.2. The Bertz CT molecular complexity index is 2140. The largest absolute Gasteiger partial charge is 0.508 e. The monoisotopic (exact) mass is 711 g/mol. The Kier molecular flexibility index (Phi) is 9.81. The third-order valence-electron chi connectivity index (χ3n) is 9.13. The lowest BCUT2D eigenvalue weighted by Crippen LogP contribution is -2.52. The number of hydrogen-bond donors (Lipinski definition) is 5. The number of rotatable bonds is 10. The van der Waals surface area contributed by atoms with E-state index < -0.39 is 23.7 Å². The number of nitrogens with one attached hydrogen (secondary N) is 3. The van der Waals surface area contributed by atoms with Crippen LogP contribution < -0.4 is 16.3 Å². The molecule has 1 saturated heterocycles. The number of aromatic amines is 1. The first kappa shape index (κ1) is 35.4. The van der Waals surface area contributed by atoms with Crippen molar-refractivity contribution in [1.29, 1.82) is 0 Å². The maximum absolute atomic E-state index is 13.0. The van der Waals surface area contributed by atoms with Crippen LogP contribution in [-0.4, -0.2) is 90.7 Å². The second-order valence-electron chi connectivity index (χ2n) is 12.9. The average molecular weight is 712 g/mol. The van der Waals surface area contributed by atoms with Gasteiger partial charge in [-0.1, -0.05) is 32.0 Å². The van der Waals surface area contributed by atoms with E-state index in [9.17, 15) is 39.0 Å². The number of aromatic nitrogens is 3. The average Bonchev–Trinajstić information content (AvgIpc) is 3.64. The molecule has 2 aliphatic heterocycles. The van der Waals surface area contributed by atoms with Gasteiger partial charge in [0.05, 0.1) is 24.2 Å². The van der Waals surface area contributed by atoms with Gasteiger partial charge in [0.1, 0.15) is 24.1 Å². The molecule has 1 aromatic heterocycles. The van der Waals surface area contributed by atoms with Crippen molar-refractivity contribution in [1.82, 2.24) is 29.9 Å². The molecule has 1 atom stereocenters. The van der Waals surface area contributed by atoms with Crippen LogP contribution in [0.15, 0.2) is 59.4 Å². The molecule has 1 fully saturated rings. The van der Waals surface area contributed by atoms with E-state index in [-0.39, 0.29) is 85.5 Å². The van der Waals surface area contributed by atoms with Crippen LogP contribution in [0.4, 0.5) is 10.5 Å².